The first-order chi connectivity index (χ1) is 6.25. The average molecular weight is 176 g/mol. The Kier molecular flexibility index (Phi) is 3.69. The summed E-state index contributed by atoms with van der Waals surface area (Å²) in [5.41, 5.74) is 1.15. The van der Waals surface area contributed by atoms with Crippen molar-refractivity contribution in [2.75, 3.05) is 0 Å². The maximum Gasteiger partial charge on any atom is 0.137 e. The minimum absolute atomic E-state index is 0.103. The molecule has 0 N–H and O–H groups in total. The predicted molar refractivity (Wildman–Crippen MR) is 54.8 cm³/mol. The van der Waals surface area contributed by atoms with E-state index >= 15 is 0 Å². The minimum atomic E-state index is 0.103. The summed E-state index contributed by atoms with van der Waals surface area (Å²) in [4.78, 5) is 11.3. The summed E-state index contributed by atoms with van der Waals surface area (Å²) < 4.78 is 0. The van der Waals surface area contributed by atoms with Crippen LogP contribution in [0.1, 0.15) is 38.2 Å². The molecular formula is C12H16O. The van der Waals surface area contributed by atoms with Gasteiger partial charge in [-0.1, -0.05) is 43.7 Å². The summed E-state index contributed by atoms with van der Waals surface area (Å²) in [5.74, 6) is 0.374. The average Bonchev–Trinajstić information content (AvgIpc) is 2.15. The second kappa shape index (κ2) is 4.80. The Hall–Kier alpha value is -1.11. The van der Waals surface area contributed by atoms with E-state index in [1.807, 2.05) is 30.3 Å². The molecule has 1 aromatic carbocycles. The molecule has 13 heavy (non-hydrogen) atoms. The summed E-state index contributed by atoms with van der Waals surface area (Å²) in [7, 11) is 0. The molecule has 0 heterocycles. The van der Waals surface area contributed by atoms with Crippen LogP contribution in [-0.4, -0.2) is 5.78 Å². The lowest BCUT2D eigenvalue weighted by molar-refractivity contribution is -0.118. The SMILES string of the molecule is CCCC(C(C)=O)c1ccccc1. The van der Waals surface area contributed by atoms with Gasteiger partial charge >= 0.3 is 0 Å². The van der Waals surface area contributed by atoms with E-state index < -0.39 is 0 Å². The van der Waals surface area contributed by atoms with E-state index in [0.717, 1.165) is 18.4 Å². The van der Waals surface area contributed by atoms with Crippen LogP contribution >= 0.6 is 0 Å². The van der Waals surface area contributed by atoms with Crippen molar-refractivity contribution >= 4 is 5.78 Å². The van der Waals surface area contributed by atoms with Gasteiger partial charge < -0.3 is 0 Å². The van der Waals surface area contributed by atoms with Crippen LogP contribution in [0.3, 0.4) is 0 Å². The van der Waals surface area contributed by atoms with Crippen LogP contribution in [-0.2, 0) is 4.79 Å². The molecule has 0 saturated carbocycles. The molecule has 70 valence electrons. The Bertz CT molecular complexity index is 264. The fourth-order valence-corrected chi connectivity index (χ4v) is 1.58. The third-order valence-corrected chi connectivity index (χ3v) is 2.27. The monoisotopic (exact) mass is 176 g/mol. The van der Waals surface area contributed by atoms with Crippen molar-refractivity contribution < 1.29 is 4.79 Å². The topological polar surface area (TPSA) is 17.1 Å². The number of ketones is 1. The Morgan fingerprint density at radius 1 is 1.31 bits per heavy atom. The molecule has 1 aromatic rings. The first kappa shape index (κ1) is 9.97. The predicted octanol–water partition coefficient (Wildman–Crippen LogP) is 3.16. The van der Waals surface area contributed by atoms with Crippen molar-refractivity contribution in [2.24, 2.45) is 0 Å². The largest absolute Gasteiger partial charge is 0.299 e. The lowest BCUT2D eigenvalue weighted by atomic mass is 9.91. The molecule has 0 fully saturated rings. The van der Waals surface area contributed by atoms with E-state index in [1.54, 1.807) is 6.92 Å². The highest BCUT2D eigenvalue weighted by Crippen LogP contribution is 2.21. The van der Waals surface area contributed by atoms with Crippen molar-refractivity contribution in [2.45, 2.75) is 32.6 Å². The quantitative estimate of drug-likeness (QED) is 0.688. The normalized spacial score (nSPS) is 12.5. The number of Topliss-reactive ketones (excluding diaryl/α,β-unsaturated/α-hetero) is 1. The summed E-state index contributed by atoms with van der Waals surface area (Å²) in [5, 5.41) is 0. The molecule has 0 saturated heterocycles. The molecule has 1 heteroatoms. The van der Waals surface area contributed by atoms with E-state index in [1.165, 1.54) is 0 Å². The molecule has 0 aromatic heterocycles. The minimum Gasteiger partial charge on any atom is -0.299 e. The zero-order valence-corrected chi connectivity index (χ0v) is 8.29. The number of hydrogen-bond acceptors (Lipinski definition) is 1. The summed E-state index contributed by atoms with van der Waals surface area (Å²) in [6, 6.07) is 10.0. The zero-order valence-electron chi connectivity index (χ0n) is 8.29. The third kappa shape index (κ3) is 2.69. The van der Waals surface area contributed by atoms with E-state index in [-0.39, 0.29) is 11.7 Å². The second-order valence-electron chi connectivity index (χ2n) is 3.36. The Labute approximate surface area is 79.8 Å². The summed E-state index contributed by atoms with van der Waals surface area (Å²) in [6.07, 6.45) is 2.01. The van der Waals surface area contributed by atoms with Gasteiger partial charge in [-0.3, -0.25) is 4.79 Å². The van der Waals surface area contributed by atoms with E-state index in [0.29, 0.717) is 0 Å². The van der Waals surface area contributed by atoms with Gasteiger partial charge in [0.2, 0.25) is 0 Å². The van der Waals surface area contributed by atoms with E-state index in [9.17, 15) is 4.79 Å². The van der Waals surface area contributed by atoms with Crippen LogP contribution in [0.25, 0.3) is 0 Å². The number of carbonyl (C=O) groups excluding carboxylic acids is 1. The molecule has 0 radical (unpaired) electrons. The van der Waals surface area contributed by atoms with Crippen LogP contribution in [0.4, 0.5) is 0 Å². The maximum absolute atomic E-state index is 11.3. The van der Waals surface area contributed by atoms with Crippen LogP contribution in [0, 0.1) is 0 Å². The van der Waals surface area contributed by atoms with Gasteiger partial charge in [0.15, 0.2) is 0 Å². The number of hydrogen-bond donors (Lipinski definition) is 0. The van der Waals surface area contributed by atoms with Crippen LogP contribution in [0.5, 0.6) is 0 Å². The number of benzene rings is 1. The molecule has 1 unspecified atom stereocenters. The van der Waals surface area contributed by atoms with E-state index in [2.05, 4.69) is 6.92 Å². The Morgan fingerprint density at radius 2 is 1.92 bits per heavy atom. The van der Waals surface area contributed by atoms with Crippen molar-refractivity contribution in [3.05, 3.63) is 35.9 Å². The molecule has 0 aliphatic carbocycles. The van der Waals surface area contributed by atoms with Gasteiger partial charge in [-0.05, 0) is 18.9 Å². The first-order valence-electron chi connectivity index (χ1n) is 4.81. The molecule has 0 spiro atoms. The lowest BCUT2D eigenvalue weighted by Gasteiger charge is -2.12. The van der Waals surface area contributed by atoms with Crippen molar-refractivity contribution in [1.29, 1.82) is 0 Å². The third-order valence-electron chi connectivity index (χ3n) is 2.27. The van der Waals surface area contributed by atoms with Crippen molar-refractivity contribution in [1.82, 2.24) is 0 Å². The molecule has 0 bridgehead atoms. The smallest absolute Gasteiger partial charge is 0.137 e. The second-order valence-corrected chi connectivity index (χ2v) is 3.36. The summed E-state index contributed by atoms with van der Waals surface area (Å²) in [6.45, 7) is 3.78. The van der Waals surface area contributed by atoms with Crippen LogP contribution in [0.2, 0.25) is 0 Å². The molecular weight excluding hydrogens is 160 g/mol. The molecule has 1 atom stereocenters. The fraction of sp³-hybridized carbons (Fsp3) is 0.417. The van der Waals surface area contributed by atoms with Gasteiger partial charge in [-0.2, -0.15) is 0 Å². The van der Waals surface area contributed by atoms with Crippen LogP contribution < -0.4 is 0 Å². The maximum atomic E-state index is 11.3. The summed E-state index contributed by atoms with van der Waals surface area (Å²) >= 11 is 0. The van der Waals surface area contributed by atoms with Crippen molar-refractivity contribution in [3.8, 4) is 0 Å². The highest BCUT2D eigenvalue weighted by atomic mass is 16.1. The van der Waals surface area contributed by atoms with Gasteiger partial charge in [-0.15, -0.1) is 0 Å². The van der Waals surface area contributed by atoms with Gasteiger partial charge in [0, 0.05) is 5.92 Å². The number of rotatable bonds is 4. The first-order valence-corrected chi connectivity index (χ1v) is 4.81. The Morgan fingerprint density at radius 3 is 2.38 bits per heavy atom. The Balaban J connectivity index is 2.82. The zero-order chi connectivity index (χ0) is 9.68. The highest BCUT2D eigenvalue weighted by molar-refractivity contribution is 5.83. The molecule has 0 aliphatic rings. The van der Waals surface area contributed by atoms with Gasteiger partial charge in [0.1, 0.15) is 5.78 Å². The molecule has 0 amide bonds. The van der Waals surface area contributed by atoms with Crippen LogP contribution in [0.15, 0.2) is 30.3 Å². The van der Waals surface area contributed by atoms with Gasteiger partial charge in [0.05, 0.1) is 0 Å². The molecule has 0 aliphatic heterocycles. The molecule has 1 rings (SSSR count). The molecule has 1 nitrogen and oxygen atoms in total. The van der Waals surface area contributed by atoms with Gasteiger partial charge in [-0.25, -0.2) is 0 Å². The highest BCUT2D eigenvalue weighted by Gasteiger charge is 2.14. The number of carbonyl (C=O) groups is 1. The van der Waals surface area contributed by atoms with E-state index in [4.69, 9.17) is 0 Å². The standard InChI is InChI=1S/C12H16O/c1-3-7-12(10(2)13)11-8-5-4-6-9-11/h4-6,8-9,12H,3,7H2,1-2H3. The van der Waals surface area contributed by atoms with Gasteiger partial charge in [0.25, 0.3) is 0 Å². The lowest BCUT2D eigenvalue weighted by Crippen LogP contribution is -2.08. The fourth-order valence-electron chi connectivity index (χ4n) is 1.58. The van der Waals surface area contributed by atoms with Crippen molar-refractivity contribution in [3.63, 3.8) is 0 Å².